The zero-order chi connectivity index (χ0) is 13.7. The van der Waals surface area contributed by atoms with E-state index in [2.05, 4.69) is 25.3 Å². The summed E-state index contributed by atoms with van der Waals surface area (Å²) >= 11 is 0. The van der Waals surface area contributed by atoms with Crippen molar-refractivity contribution in [3.05, 3.63) is 24.0 Å². The number of ether oxygens (including phenoxy) is 2. The van der Waals surface area contributed by atoms with Crippen molar-refractivity contribution in [2.24, 2.45) is 0 Å². The average Bonchev–Trinajstić information content (AvgIpc) is 2.41. The number of methoxy groups -OCH3 is 1. The lowest BCUT2D eigenvalue weighted by Gasteiger charge is -2.08. The second-order valence-electron chi connectivity index (χ2n) is 3.65. The normalized spacial score (nSPS) is 10.1. The van der Waals surface area contributed by atoms with Crippen LogP contribution in [0.15, 0.2) is 18.3 Å². The van der Waals surface area contributed by atoms with Gasteiger partial charge in [0.15, 0.2) is 5.75 Å². The highest BCUT2D eigenvalue weighted by Gasteiger charge is 2.09. The molecule has 0 atom stereocenters. The van der Waals surface area contributed by atoms with Crippen molar-refractivity contribution in [1.82, 2.24) is 19.9 Å². The molecule has 100 valence electrons. The Hall–Kier alpha value is -2.44. The zero-order valence-electron chi connectivity index (χ0n) is 11.0. The molecule has 7 heteroatoms. The van der Waals surface area contributed by atoms with Crippen LogP contribution in [-0.2, 0) is 0 Å². The largest absolute Gasteiger partial charge is 0.467 e. The number of anilines is 1. The van der Waals surface area contributed by atoms with Gasteiger partial charge in [0.2, 0.25) is 5.95 Å². The van der Waals surface area contributed by atoms with Gasteiger partial charge >= 0.3 is 12.0 Å². The third-order valence-electron chi connectivity index (χ3n) is 2.27. The molecule has 0 radical (unpaired) electrons. The Bertz CT molecular complexity index is 562. The smallest absolute Gasteiger partial charge is 0.330 e. The molecule has 0 unspecified atom stereocenters. The minimum Gasteiger partial charge on any atom is -0.467 e. The van der Waals surface area contributed by atoms with Crippen LogP contribution in [0, 0.1) is 6.92 Å². The van der Waals surface area contributed by atoms with Gasteiger partial charge in [0.25, 0.3) is 0 Å². The molecule has 7 nitrogen and oxygen atoms in total. The minimum atomic E-state index is 0.166. The number of pyridine rings is 1. The molecule has 0 aromatic carbocycles. The van der Waals surface area contributed by atoms with Crippen LogP contribution in [0.3, 0.4) is 0 Å². The topological polar surface area (TPSA) is 82.1 Å². The Balaban J connectivity index is 2.29. The van der Waals surface area contributed by atoms with Crippen molar-refractivity contribution >= 4 is 5.95 Å². The van der Waals surface area contributed by atoms with Crippen molar-refractivity contribution < 1.29 is 9.47 Å². The molecule has 2 heterocycles. The number of hydrogen-bond acceptors (Lipinski definition) is 7. The maximum atomic E-state index is 5.59. The van der Waals surface area contributed by atoms with Gasteiger partial charge in [-0.05, 0) is 26.0 Å². The maximum Gasteiger partial charge on any atom is 0.330 e. The summed E-state index contributed by atoms with van der Waals surface area (Å²) < 4.78 is 10.6. The fourth-order valence-corrected chi connectivity index (χ4v) is 1.39. The third kappa shape index (κ3) is 3.27. The minimum absolute atomic E-state index is 0.166. The predicted octanol–water partition coefficient (Wildman–Crippen LogP) is 1.81. The number of nitrogens with zero attached hydrogens (tertiary/aromatic N) is 4. The lowest BCUT2D eigenvalue weighted by molar-refractivity contribution is 0.359. The highest BCUT2D eigenvalue weighted by atomic mass is 16.5. The van der Waals surface area contributed by atoms with Gasteiger partial charge in [-0.1, -0.05) is 0 Å². The van der Waals surface area contributed by atoms with E-state index >= 15 is 0 Å². The Morgan fingerprint density at radius 1 is 1.21 bits per heavy atom. The first kappa shape index (κ1) is 13.0. The van der Waals surface area contributed by atoms with E-state index in [1.165, 1.54) is 7.11 Å². The van der Waals surface area contributed by atoms with Gasteiger partial charge < -0.3 is 14.8 Å². The summed E-state index contributed by atoms with van der Waals surface area (Å²) in [6.07, 6.45) is 1.69. The van der Waals surface area contributed by atoms with Crippen LogP contribution in [0.4, 0.5) is 5.95 Å². The van der Waals surface area contributed by atoms with Crippen molar-refractivity contribution in [3.63, 3.8) is 0 Å². The first-order valence-electron chi connectivity index (χ1n) is 5.86. The number of nitrogens with one attached hydrogen (secondary N) is 1. The van der Waals surface area contributed by atoms with Crippen molar-refractivity contribution in [1.29, 1.82) is 0 Å². The highest BCUT2D eigenvalue weighted by Crippen LogP contribution is 2.22. The Labute approximate surface area is 111 Å². The Kier molecular flexibility index (Phi) is 4.07. The predicted molar refractivity (Wildman–Crippen MR) is 69.6 cm³/mol. The highest BCUT2D eigenvalue weighted by molar-refractivity contribution is 5.31. The van der Waals surface area contributed by atoms with Crippen LogP contribution < -0.4 is 14.8 Å². The standard InChI is InChI=1S/C12H15N5O2/c1-4-13-10-15-11(18-3)17-12(16-10)19-9-6-5-7-14-8(9)2/h5-7H,4H2,1-3H3,(H,13,15,16,17). The molecule has 19 heavy (non-hydrogen) atoms. The van der Waals surface area contributed by atoms with E-state index in [9.17, 15) is 0 Å². The van der Waals surface area contributed by atoms with E-state index < -0.39 is 0 Å². The molecule has 0 aliphatic heterocycles. The SMILES string of the molecule is CCNc1nc(OC)nc(Oc2cccnc2C)n1. The summed E-state index contributed by atoms with van der Waals surface area (Å²) in [5, 5.41) is 2.99. The number of hydrogen-bond donors (Lipinski definition) is 1. The zero-order valence-corrected chi connectivity index (χ0v) is 11.0. The van der Waals surface area contributed by atoms with Crippen LogP contribution >= 0.6 is 0 Å². The number of aryl methyl sites for hydroxylation is 1. The Morgan fingerprint density at radius 2 is 2.00 bits per heavy atom. The van der Waals surface area contributed by atoms with Crippen LogP contribution in [-0.4, -0.2) is 33.6 Å². The summed E-state index contributed by atoms with van der Waals surface area (Å²) in [6.45, 7) is 4.49. The lowest BCUT2D eigenvalue weighted by Crippen LogP contribution is -2.06. The van der Waals surface area contributed by atoms with Gasteiger partial charge in [0.1, 0.15) is 0 Å². The second-order valence-corrected chi connectivity index (χ2v) is 3.65. The van der Waals surface area contributed by atoms with Gasteiger partial charge in [0.05, 0.1) is 12.8 Å². The van der Waals surface area contributed by atoms with E-state index in [1.54, 1.807) is 18.3 Å². The fourth-order valence-electron chi connectivity index (χ4n) is 1.39. The molecule has 2 aromatic rings. The van der Waals surface area contributed by atoms with Gasteiger partial charge in [0, 0.05) is 12.7 Å². The van der Waals surface area contributed by atoms with E-state index in [1.807, 2.05) is 13.8 Å². The summed E-state index contributed by atoms with van der Waals surface area (Å²) in [7, 11) is 1.49. The molecule has 0 bridgehead atoms. The number of aromatic nitrogens is 4. The van der Waals surface area contributed by atoms with Crippen molar-refractivity contribution in [3.8, 4) is 17.8 Å². The molecule has 1 N–H and O–H groups in total. The second kappa shape index (κ2) is 5.94. The van der Waals surface area contributed by atoms with Gasteiger partial charge in [-0.15, -0.1) is 4.98 Å². The maximum absolute atomic E-state index is 5.59. The van der Waals surface area contributed by atoms with Gasteiger partial charge in [-0.3, -0.25) is 4.98 Å². The fraction of sp³-hybridized carbons (Fsp3) is 0.333. The molecule has 0 aliphatic rings. The summed E-state index contributed by atoms with van der Waals surface area (Å²) in [6, 6.07) is 3.94. The molecule has 0 spiro atoms. The molecule has 0 saturated heterocycles. The summed E-state index contributed by atoms with van der Waals surface area (Å²) in [4.78, 5) is 16.4. The van der Waals surface area contributed by atoms with Crippen molar-refractivity contribution in [2.45, 2.75) is 13.8 Å². The third-order valence-corrected chi connectivity index (χ3v) is 2.27. The van der Waals surface area contributed by atoms with Crippen LogP contribution in [0.2, 0.25) is 0 Å². The number of rotatable bonds is 5. The molecule has 0 fully saturated rings. The summed E-state index contributed by atoms with van der Waals surface area (Å²) in [5.41, 5.74) is 0.756. The van der Waals surface area contributed by atoms with E-state index in [0.717, 1.165) is 5.69 Å². The van der Waals surface area contributed by atoms with Gasteiger partial charge in [-0.25, -0.2) is 0 Å². The van der Waals surface area contributed by atoms with Crippen molar-refractivity contribution in [2.75, 3.05) is 19.0 Å². The molecule has 0 amide bonds. The van der Waals surface area contributed by atoms with Crippen LogP contribution in [0.25, 0.3) is 0 Å². The first-order chi connectivity index (χ1) is 9.22. The Morgan fingerprint density at radius 3 is 2.68 bits per heavy atom. The molecule has 2 rings (SSSR count). The van der Waals surface area contributed by atoms with E-state index in [-0.39, 0.29) is 12.0 Å². The lowest BCUT2D eigenvalue weighted by atomic mass is 10.3. The summed E-state index contributed by atoms with van der Waals surface area (Å²) in [5.74, 6) is 1.00. The first-order valence-corrected chi connectivity index (χ1v) is 5.86. The molecular formula is C12H15N5O2. The quantitative estimate of drug-likeness (QED) is 0.878. The van der Waals surface area contributed by atoms with Gasteiger partial charge in [-0.2, -0.15) is 9.97 Å². The molecular weight excluding hydrogens is 246 g/mol. The van der Waals surface area contributed by atoms with E-state index in [4.69, 9.17) is 9.47 Å². The molecule has 2 aromatic heterocycles. The molecule has 0 aliphatic carbocycles. The average molecular weight is 261 g/mol. The van der Waals surface area contributed by atoms with Crippen LogP contribution in [0.5, 0.6) is 17.8 Å². The van der Waals surface area contributed by atoms with E-state index in [0.29, 0.717) is 18.2 Å². The monoisotopic (exact) mass is 261 g/mol. The van der Waals surface area contributed by atoms with Crippen LogP contribution in [0.1, 0.15) is 12.6 Å². The molecule has 0 saturated carbocycles.